The van der Waals surface area contributed by atoms with Crippen LogP contribution in [-0.4, -0.2) is 38.2 Å². The van der Waals surface area contributed by atoms with Crippen LogP contribution in [0.4, 0.5) is 5.69 Å². The third-order valence-corrected chi connectivity index (χ3v) is 2.71. The van der Waals surface area contributed by atoms with Gasteiger partial charge in [0.15, 0.2) is 11.6 Å². The number of nitrogens with zero attached hydrogens (tertiary/aromatic N) is 1. The van der Waals surface area contributed by atoms with E-state index in [0.29, 0.717) is 5.56 Å². The van der Waals surface area contributed by atoms with Crippen molar-refractivity contribution in [2.75, 3.05) is 25.6 Å². The molecule has 108 valence electrons. The third-order valence-electron chi connectivity index (χ3n) is 2.71. The largest absolute Gasteiger partial charge is 0.466 e. The van der Waals surface area contributed by atoms with Gasteiger partial charge in [0.2, 0.25) is 0 Å². The van der Waals surface area contributed by atoms with Gasteiger partial charge in [-0.1, -0.05) is 0 Å². The van der Waals surface area contributed by atoms with Crippen molar-refractivity contribution in [1.82, 2.24) is 0 Å². The molecular formula is C15H19NO4. The third kappa shape index (κ3) is 4.84. The van der Waals surface area contributed by atoms with Crippen molar-refractivity contribution in [2.24, 2.45) is 0 Å². The summed E-state index contributed by atoms with van der Waals surface area (Å²) in [6.07, 6.45) is -0.629. The van der Waals surface area contributed by atoms with Crippen LogP contribution in [-0.2, 0) is 14.3 Å². The highest BCUT2D eigenvalue weighted by atomic mass is 16.5. The molecule has 1 rings (SSSR count). The fraction of sp³-hybridized carbons (Fsp3) is 0.400. The van der Waals surface area contributed by atoms with Crippen molar-refractivity contribution >= 4 is 23.2 Å². The molecule has 0 aliphatic rings. The molecule has 0 aliphatic heterocycles. The number of rotatable bonds is 7. The quantitative estimate of drug-likeness (QED) is 0.432. The molecule has 0 amide bonds. The van der Waals surface area contributed by atoms with E-state index in [1.807, 2.05) is 31.1 Å². The predicted molar refractivity (Wildman–Crippen MR) is 76.0 cm³/mol. The molecule has 0 saturated carbocycles. The van der Waals surface area contributed by atoms with Crippen LogP contribution in [0.1, 0.15) is 30.1 Å². The van der Waals surface area contributed by atoms with Crippen LogP contribution in [0.2, 0.25) is 0 Å². The number of carbonyl (C=O) groups excluding carboxylic acids is 3. The van der Waals surface area contributed by atoms with Crippen LogP contribution < -0.4 is 4.90 Å². The zero-order valence-corrected chi connectivity index (χ0v) is 12.0. The van der Waals surface area contributed by atoms with Crippen LogP contribution in [0, 0.1) is 0 Å². The smallest absolute Gasteiger partial charge is 0.313 e. The zero-order valence-electron chi connectivity index (χ0n) is 12.0. The van der Waals surface area contributed by atoms with E-state index in [9.17, 15) is 14.4 Å². The van der Waals surface area contributed by atoms with E-state index >= 15 is 0 Å². The van der Waals surface area contributed by atoms with Crippen LogP contribution in [0.15, 0.2) is 24.3 Å². The Bertz CT molecular complexity index is 491. The van der Waals surface area contributed by atoms with Gasteiger partial charge in [-0.25, -0.2) is 0 Å². The second-order valence-electron chi connectivity index (χ2n) is 4.56. The highest BCUT2D eigenvalue weighted by Gasteiger charge is 2.15. The number of esters is 1. The van der Waals surface area contributed by atoms with Crippen LogP contribution in [0.3, 0.4) is 0 Å². The van der Waals surface area contributed by atoms with Crippen molar-refractivity contribution in [1.29, 1.82) is 0 Å². The summed E-state index contributed by atoms with van der Waals surface area (Å²) in [7, 11) is 3.80. The summed E-state index contributed by atoms with van der Waals surface area (Å²) in [4.78, 5) is 36.5. The van der Waals surface area contributed by atoms with E-state index in [-0.39, 0.29) is 25.2 Å². The van der Waals surface area contributed by atoms with Gasteiger partial charge in [0.05, 0.1) is 13.0 Å². The van der Waals surface area contributed by atoms with Crippen LogP contribution >= 0.6 is 0 Å². The van der Waals surface area contributed by atoms with E-state index in [4.69, 9.17) is 0 Å². The Morgan fingerprint density at radius 3 is 2.15 bits per heavy atom. The van der Waals surface area contributed by atoms with Crippen LogP contribution in [0.5, 0.6) is 0 Å². The Morgan fingerprint density at radius 2 is 1.65 bits per heavy atom. The fourth-order valence-corrected chi connectivity index (χ4v) is 1.66. The summed E-state index contributed by atoms with van der Waals surface area (Å²) in [6.45, 7) is 1.89. The standard InChI is InChI=1S/C15H19NO4/c1-4-20-15(19)10-13(17)9-14(18)11-5-7-12(8-6-11)16(2)3/h5-8H,4,9-10H2,1-3H3. The van der Waals surface area contributed by atoms with E-state index in [0.717, 1.165) is 5.69 Å². The number of ketones is 2. The summed E-state index contributed by atoms with van der Waals surface area (Å²) in [5.41, 5.74) is 1.44. The Kier molecular flexibility index (Phi) is 5.90. The first-order valence-corrected chi connectivity index (χ1v) is 6.42. The minimum Gasteiger partial charge on any atom is -0.466 e. The molecule has 20 heavy (non-hydrogen) atoms. The van der Waals surface area contributed by atoms with Crippen molar-refractivity contribution in [3.05, 3.63) is 29.8 Å². The summed E-state index contributed by atoms with van der Waals surface area (Å²) >= 11 is 0. The summed E-state index contributed by atoms with van der Waals surface area (Å²) in [5.74, 6) is -1.30. The maximum absolute atomic E-state index is 11.9. The molecule has 0 aliphatic carbocycles. The average Bonchev–Trinajstić information content (AvgIpc) is 2.38. The summed E-state index contributed by atoms with van der Waals surface area (Å²) < 4.78 is 4.67. The molecular weight excluding hydrogens is 258 g/mol. The molecule has 1 aromatic rings. The van der Waals surface area contributed by atoms with Gasteiger partial charge in [0.25, 0.3) is 0 Å². The predicted octanol–water partition coefficient (Wildman–Crippen LogP) is 1.85. The van der Waals surface area contributed by atoms with Gasteiger partial charge < -0.3 is 9.64 Å². The molecule has 5 nitrogen and oxygen atoms in total. The van der Waals surface area contributed by atoms with E-state index in [2.05, 4.69) is 4.74 Å². The van der Waals surface area contributed by atoms with E-state index in [1.165, 1.54) is 0 Å². The van der Waals surface area contributed by atoms with Gasteiger partial charge in [0, 0.05) is 25.3 Å². The first-order chi connectivity index (χ1) is 9.43. The molecule has 0 atom stereocenters. The Morgan fingerprint density at radius 1 is 1.05 bits per heavy atom. The molecule has 0 N–H and O–H groups in total. The number of hydrogen-bond acceptors (Lipinski definition) is 5. The number of hydrogen-bond donors (Lipinski definition) is 0. The highest BCUT2D eigenvalue weighted by Crippen LogP contribution is 2.13. The van der Waals surface area contributed by atoms with Gasteiger partial charge in [-0.3, -0.25) is 14.4 Å². The van der Waals surface area contributed by atoms with E-state index in [1.54, 1.807) is 19.1 Å². The molecule has 5 heteroatoms. The lowest BCUT2D eigenvalue weighted by Gasteiger charge is -2.12. The molecule has 1 aromatic carbocycles. The second kappa shape index (κ2) is 7.43. The number of anilines is 1. The molecule has 0 fully saturated rings. The minimum absolute atomic E-state index is 0.228. The van der Waals surface area contributed by atoms with Gasteiger partial charge >= 0.3 is 5.97 Å². The SMILES string of the molecule is CCOC(=O)CC(=O)CC(=O)c1ccc(N(C)C)cc1. The summed E-state index contributed by atoms with van der Waals surface area (Å²) in [5, 5.41) is 0. The van der Waals surface area contributed by atoms with Gasteiger partial charge in [0.1, 0.15) is 6.42 Å². The maximum Gasteiger partial charge on any atom is 0.313 e. The monoisotopic (exact) mass is 277 g/mol. The molecule has 0 aromatic heterocycles. The molecule has 0 saturated heterocycles. The molecule has 0 unspecified atom stereocenters. The lowest BCUT2D eigenvalue weighted by molar-refractivity contribution is -0.145. The minimum atomic E-state index is -0.590. The van der Waals surface area contributed by atoms with Crippen molar-refractivity contribution in [3.63, 3.8) is 0 Å². The normalized spacial score (nSPS) is 9.95. The topological polar surface area (TPSA) is 63.7 Å². The Balaban J connectivity index is 2.58. The van der Waals surface area contributed by atoms with Crippen molar-refractivity contribution in [2.45, 2.75) is 19.8 Å². The number of carbonyl (C=O) groups is 3. The highest BCUT2D eigenvalue weighted by molar-refractivity contribution is 6.11. The summed E-state index contributed by atoms with van der Waals surface area (Å²) in [6, 6.07) is 6.97. The fourth-order valence-electron chi connectivity index (χ4n) is 1.66. The van der Waals surface area contributed by atoms with Gasteiger partial charge in [-0.15, -0.1) is 0 Å². The average molecular weight is 277 g/mol. The van der Waals surface area contributed by atoms with Crippen molar-refractivity contribution < 1.29 is 19.1 Å². The lowest BCUT2D eigenvalue weighted by atomic mass is 10.0. The van der Waals surface area contributed by atoms with Crippen LogP contribution in [0.25, 0.3) is 0 Å². The first-order valence-electron chi connectivity index (χ1n) is 6.42. The molecule has 0 radical (unpaired) electrons. The Labute approximate surface area is 118 Å². The molecule has 0 bridgehead atoms. The van der Waals surface area contributed by atoms with Crippen molar-refractivity contribution in [3.8, 4) is 0 Å². The maximum atomic E-state index is 11.9. The van der Waals surface area contributed by atoms with Gasteiger partial charge in [-0.2, -0.15) is 0 Å². The second-order valence-corrected chi connectivity index (χ2v) is 4.56. The first kappa shape index (κ1) is 15.9. The Hall–Kier alpha value is -2.17. The number of Topliss-reactive ketones (excluding diaryl/α,β-unsaturated/α-hetero) is 2. The molecule has 0 spiro atoms. The zero-order chi connectivity index (χ0) is 15.1. The molecule has 0 heterocycles. The van der Waals surface area contributed by atoms with E-state index < -0.39 is 11.8 Å². The number of benzene rings is 1. The number of ether oxygens (including phenoxy) is 1. The lowest BCUT2D eigenvalue weighted by Crippen LogP contribution is -2.15. The van der Waals surface area contributed by atoms with Gasteiger partial charge in [-0.05, 0) is 31.2 Å².